The number of para-hydroxylation sites is 1. The zero-order valence-electron chi connectivity index (χ0n) is 14.1. The minimum atomic E-state index is -0.822. The van der Waals surface area contributed by atoms with E-state index >= 15 is 0 Å². The molecule has 0 aromatic heterocycles. The molecule has 1 aliphatic heterocycles. The molecule has 0 aliphatic carbocycles. The lowest BCUT2D eigenvalue weighted by Gasteiger charge is -2.26. The molecule has 3 rings (SSSR count). The smallest absolute Gasteiger partial charge is 0.335 e. The summed E-state index contributed by atoms with van der Waals surface area (Å²) >= 11 is 6.10. The first kappa shape index (κ1) is 17.7. The summed E-state index contributed by atoms with van der Waals surface area (Å²) in [6.45, 7) is 1.81. The number of carbonyl (C=O) groups is 3. The largest absolute Gasteiger partial charge is 0.496 e. The van der Waals surface area contributed by atoms with E-state index in [2.05, 4.69) is 5.32 Å². The summed E-state index contributed by atoms with van der Waals surface area (Å²) in [5, 5.41) is 2.59. The lowest BCUT2D eigenvalue weighted by Crippen LogP contribution is -2.54. The van der Waals surface area contributed by atoms with Crippen molar-refractivity contribution in [1.82, 2.24) is 5.32 Å². The number of imide groups is 2. The molecule has 1 aliphatic rings. The summed E-state index contributed by atoms with van der Waals surface area (Å²) in [5.74, 6) is -0.993. The van der Waals surface area contributed by atoms with Crippen LogP contribution in [0.3, 0.4) is 0 Å². The highest BCUT2D eigenvalue weighted by molar-refractivity contribution is 6.39. The quantitative estimate of drug-likeness (QED) is 0.664. The van der Waals surface area contributed by atoms with Crippen molar-refractivity contribution in [3.05, 3.63) is 64.2 Å². The molecule has 2 aromatic carbocycles. The van der Waals surface area contributed by atoms with Crippen molar-refractivity contribution >= 4 is 41.2 Å². The second-order valence-electron chi connectivity index (χ2n) is 5.63. The number of halogens is 1. The number of urea groups is 1. The normalized spacial score (nSPS) is 16.0. The molecule has 4 amide bonds. The maximum atomic E-state index is 12.8. The highest BCUT2D eigenvalue weighted by Crippen LogP contribution is 2.28. The Bertz CT molecular complexity index is 952. The number of methoxy groups -OCH3 is 1. The molecule has 0 saturated carbocycles. The van der Waals surface area contributed by atoms with E-state index in [1.807, 2.05) is 0 Å². The zero-order valence-corrected chi connectivity index (χ0v) is 14.8. The number of hydrogen-bond donors (Lipinski definition) is 1. The van der Waals surface area contributed by atoms with Crippen LogP contribution in [0.15, 0.2) is 48.0 Å². The van der Waals surface area contributed by atoms with Gasteiger partial charge >= 0.3 is 6.03 Å². The van der Waals surface area contributed by atoms with Crippen molar-refractivity contribution in [3.63, 3.8) is 0 Å². The van der Waals surface area contributed by atoms with Gasteiger partial charge in [-0.25, -0.2) is 9.69 Å². The number of hydrogen-bond acceptors (Lipinski definition) is 4. The van der Waals surface area contributed by atoms with Crippen molar-refractivity contribution in [1.29, 1.82) is 0 Å². The number of ether oxygens (including phenoxy) is 1. The van der Waals surface area contributed by atoms with Gasteiger partial charge in [0.15, 0.2) is 0 Å². The highest BCUT2D eigenvalue weighted by Gasteiger charge is 2.37. The molecule has 0 spiro atoms. The van der Waals surface area contributed by atoms with Gasteiger partial charge in [0.25, 0.3) is 11.8 Å². The van der Waals surface area contributed by atoms with E-state index in [-0.39, 0.29) is 11.3 Å². The van der Waals surface area contributed by atoms with E-state index in [4.69, 9.17) is 16.3 Å². The molecule has 2 aromatic rings. The van der Waals surface area contributed by atoms with Gasteiger partial charge in [0, 0.05) is 10.6 Å². The first-order chi connectivity index (χ1) is 12.4. The summed E-state index contributed by atoms with van der Waals surface area (Å²) in [4.78, 5) is 38.1. The van der Waals surface area contributed by atoms with Gasteiger partial charge in [0.1, 0.15) is 11.3 Å². The molecule has 0 radical (unpaired) electrons. The third-order valence-corrected chi connectivity index (χ3v) is 4.36. The van der Waals surface area contributed by atoms with Gasteiger partial charge in [-0.15, -0.1) is 0 Å². The van der Waals surface area contributed by atoms with Crippen LogP contribution in [-0.4, -0.2) is 25.0 Å². The maximum Gasteiger partial charge on any atom is 0.335 e. The number of aryl methyl sites for hydroxylation is 1. The maximum absolute atomic E-state index is 12.8. The Hall–Kier alpha value is -3.12. The van der Waals surface area contributed by atoms with Gasteiger partial charge in [-0.2, -0.15) is 0 Å². The van der Waals surface area contributed by atoms with E-state index in [0.29, 0.717) is 16.3 Å². The van der Waals surface area contributed by atoms with Crippen LogP contribution in [0.5, 0.6) is 5.75 Å². The van der Waals surface area contributed by atoms with Crippen molar-refractivity contribution < 1.29 is 19.1 Å². The number of anilines is 1. The van der Waals surface area contributed by atoms with E-state index in [9.17, 15) is 14.4 Å². The van der Waals surface area contributed by atoms with Crippen molar-refractivity contribution in [3.8, 4) is 5.75 Å². The number of barbiturate groups is 1. The first-order valence-electron chi connectivity index (χ1n) is 7.73. The number of amides is 4. The highest BCUT2D eigenvalue weighted by atomic mass is 35.5. The standard InChI is InChI=1S/C19H15ClN2O4/c1-11-7-8-13(10-15(11)20)22-18(24)14(17(23)21-19(22)25)9-12-5-3-4-6-16(12)26-2/h3-10H,1-2H3,(H,21,23,25)/b14-9-. The van der Waals surface area contributed by atoms with Crippen LogP contribution < -0.4 is 15.0 Å². The molecule has 0 unspecified atom stereocenters. The van der Waals surface area contributed by atoms with Gasteiger partial charge in [-0.3, -0.25) is 14.9 Å². The first-order valence-corrected chi connectivity index (χ1v) is 8.11. The molecular formula is C19H15ClN2O4. The molecule has 26 heavy (non-hydrogen) atoms. The summed E-state index contributed by atoms with van der Waals surface area (Å²) in [7, 11) is 1.49. The molecule has 132 valence electrons. The Kier molecular flexibility index (Phi) is 4.77. The number of nitrogens with zero attached hydrogens (tertiary/aromatic N) is 1. The molecule has 1 saturated heterocycles. The number of rotatable bonds is 3. The van der Waals surface area contributed by atoms with Gasteiger partial charge in [0.05, 0.1) is 12.8 Å². The fourth-order valence-electron chi connectivity index (χ4n) is 2.55. The molecule has 1 N–H and O–H groups in total. The minimum Gasteiger partial charge on any atom is -0.496 e. The van der Waals surface area contributed by atoms with Crippen LogP contribution in [-0.2, 0) is 9.59 Å². The second-order valence-corrected chi connectivity index (χ2v) is 6.04. The van der Waals surface area contributed by atoms with Crippen LogP contribution in [0.4, 0.5) is 10.5 Å². The van der Waals surface area contributed by atoms with E-state index < -0.39 is 17.8 Å². The second kappa shape index (κ2) is 7.01. The number of carbonyl (C=O) groups excluding carboxylic acids is 3. The van der Waals surface area contributed by atoms with Gasteiger partial charge < -0.3 is 4.74 Å². The van der Waals surface area contributed by atoms with Crippen LogP contribution in [0.25, 0.3) is 6.08 Å². The predicted molar refractivity (Wildman–Crippen MR) is 98.2 cm³/mol. The molecule has 0 atom stereocenters. The van der Waals surface area contributed by atoms with Gasteiger partial charge in [-0.05, 0) is 36.8 Å². The summed E-state index contributed by atoms with van der Waals surface area (Å²) in [6, 6.07) is 10.9. The molecular weight excluding hydrogens is 356 g/mol. The van der Waals surface area contributed by atoms with Crippen molar-refractivity contribution in [2.45, 2.75) is 6.92 Å². The molecule has 0 bridgehead atoms. The zero-order chi connectivity index (χ0) is 18.8. The topological polar surface area (TPSA) is 75.7 Å². The Balaban J connectivity index is 2.05. The Morgan fingerprint density at radius 2 is 1.85 bits per heavy atom. The van der Waals surface area contributed by atoms with E-state index in [0.717, 1.165) is 10.5 Å². The van der Waals surface area contributed by atoms with Crippen molar-refractivity contribution in [2.75, 3.05) is 12.0 Å². The van der Waals surface area contributed by atoms with Crippen LogP contribution in [0.2, 0.25) is 5.02 Å². The number of benzene rings is 2. The third-order valence-electron chi connectivity index (χ3n) is 3.95. The SMILES string of the molecule is COc1ccccc1/C=C1/C(=O)NC(=O)N(c2ccc(C)c(Cl)c2)C1=O. The summed E-state index contributed by atoms with van der Waals surface area (Å²) < 4.78 is 5.23. The average molecular weight is 371 g/mol. The Labute approximate surface area is 155 Å². The monoisotopic (exact) mass is 370 g/mol. The minimum absolute atomic E-state index is 0.175. The predicted octanol–water partition coefficient (Wildman–Crippen LogP) is 3.32. The van der Waals surface area contributed by atoms with Gasteiger partial charge in [-0.1, -0.05) is 35.9 Å². The molecule has 1 fully saturated rings. The molecule has 7 heteroatoms. The summed E-state index contributed by atoms with van der Waals surface area (Å²) in [5.41, 5.74) is 1.46. The van der Waals surface area contributed by atoms with Gasteiger partial charge in [0.2, 0.25) is 0 Å². The van der Waals surface area contributed by atoms with Crippen LogP contribution in [0, 0.1) is 6.92 Å². The van der Waals surface area contributed by atoms with E-state index in [1.54, 1.807) is 43.3 Å². The van der Waals surface area contributed by atoms with E-state index in [1.165, 1.54) is 19.3 Å². The fraction of sp³-hybridized carbons (Fsp3) is 0.105. The lowest BCUT2D eigenvalue weighted by atomic mass is 10.1. The average Bonchev–Trinajstić information content (AvgIpc) is 2.61. The third kappa shape index (κ3) is 3.19. The Morgan fingerprint density at radius 3 is 2.54 bits per heavy atom. The Morgan fingerprint density at radius 1 is 1.12 bits per heavy atom. The fourth-order valence-corrected chi connectivity index (χ4v) is 2.73. The molecule has 1 heterocycles. The van der Waals surface area contributed by atoms with Crippen LogP contribution in [0.1, 0.15) is 11.1 Å². The number of nitrogens with one attached hydrogen (secondary N) is 1. The lowest BCUT2D eigenvalue weighted by molar-refractivity contribution is -0.122. The molecule has 6 nitrogen and oxygen atoms in total. The van der Waals surface area contributed by atoms with Crippen LogP contribution >= 0.6 is 11.6 Å². The van der Waals surface area contributed by atoms with Crippen molar-refractivity contribution in [2.24, 2.45) is 0 Å². The summed E-state index contributed by atoms with van der Waals surface area (Å²) in [6.07, 6.45) is 1.39.